The standard InChI is InChI=1S/C11H9F3N2/c12-7-4-9(13)11(14)10(5-7)16-6-8-2-1-3-15-8/h1-5,15-16H,6H2. The first-order valence-electron chi connectivity index (χ1n) is 4.67. The molecule has 16 heavy (non-hydrogen) atoms. The minimum absolute atomic E-state index is 0.188. The highest BCUT2D eigenvalue weighted by atomic mass is 19.2. The van der Waals surface area contributed by atoms with Gasteiger partial charge in [-0.3, -0.25) is 0 Å². The average molecular weight is 226 g/mol. The number of benzene rings is 1. The molecule has 0 aliphatic heterocycles. The number of hydrogen-bond donors (Lipinski definition) is 2. The molecule has 0 radical (unpaired) electrons. The second kappa shape index (κ2) is 4.30. The van der Waals surface area contributed by atoms with Crippen LogP contribution < -0.4 is 5.32 Å². The van der Waals surface area contributed by atoms with Crippen LogP contribution in [0.1, 0.15) is 5.69 Å². The second-order valence-electron chi connectivity index (χ2n) is 3.30. The summed E-state index contributed by atoms with van der Waals surface area (Å²) in [6.07, 6.45) is 1.71. The van der Waals surface area contributed by atoms with E-state index in [0.717, 1.165) is 11.8 Å². The monoisotopic (exact) mass is 226 g/mol. The fourth-order valence-corrected chi connectivity index (χ4v) is 1.35. The van der Waals surface area contributed by atoms with Gasteiger partial charge >= 0.3 is 0 Å². The van der Waals surface area contributed by atoms with E-state index >= 15 is 0 Å². The SMILES string of the molecule is Fc1cc(F)c(F)c(NCc2ccc[nH]2)c1. The minimum atomic E-state index is -1.20. The predicted octanol–water partition coefficient (Wildman–Crippen LogP) is 3.04. The van der Waals surface area contributed by atoms with E-state index in [0.29, 0.717) is 6.07 Å². The number of anilines is 1. The lowest BCUT2D eigenvalue weighted by Crippen LogP contribution is -2.03. The van der Waals surface area contributed by atoms with Crippen LogP contribution in [0.15, 0.2) is 30.5 Å². The Hall–Kier alpha value is -1.91. The average Bonchev–Trinajstić information content (AvgIpc) is 2.74. The molecule has 0 spiro atoms. The van der Waals surface area contributed by atoms with Gasteiger partial charge in [0.2, 0.25) is 0 Å². The summed E-state index contributed by atoms with van der Waals surface area (Å²) in [5, 5.41) is 2.61. The van der Waals surface area contributed by atoms with Gasteiger partial charge in [0.15, 0.2) is 11.6 Å². The summed E-state index contributed by atoms with van der Waals surface area (Å²) in [6.45, 7) is 0.271. The van der Waals surface area contributed by atoms with Gasteiger partial charge in [-0.2, -0.15) is 0 Å². The van der Waals surface area contributed by atoms with Crippen LogP contribution in [0, 0.1) is 17.5 Å². The summed E-state index contributed by atoms with van der Waals surface area (Å²) in [7, 11) is 0. The molecule has 1 heterocycles. The molecule has 2 N–H and O–H groups in total. The number of H-pyrrole nitrogens is 1. The molecule has 0 bridgehead atoms. The molecule has 1 aromatic heterocycles. The zero-order valence-corrected chi connectivity index (χ0v) is 8.23. The van der Waals surface area contributed by atoms with Gasteiger partial charge in [0.25, 0.3) is 0 Å². The quantitative estimate of drug-likeness (QED) is 0.773. The third kappa shape index (κ3) is 2.18. The lowest BCUT2D eigenvalue weighted by molar-refractivity contribution is 0.497. The topological polar surface area (TPSA) is 27.8 Å². The molecule has 2 nitrogen and oxygen atoms in total. The van der Waals surface area contributed by atoms with Crippen molar-refractivity contribution in [1.82, 2.24) is 4.98 Å². The Morgan fingerprint density at radius 2 is 2.00 bits per heavy atom. The van der Waals surface area contributed by atoms with E-state index in [2.05, 4.69) is 10.3 Å². The molecule has 0 saturated heterocycles. The molecule has 0 aliphatic carbocycles. The van der Waals surface area contributed by atoms with E-state index in [4.69, 9.17) is 0 Å². The molecule has 2 aromatic rings. The third-order valence-corrected chi connectivity index (χ3v) is 2.12. The van der Waals surface area contributed by atoms with Crippen LogP contribution in [0.2, 0.25) is 0 Å². The Balaban J connectivity index is 2.15. The third-order valence-electron chi connectivity index (χ3n) is 2.12. The van der Waals surface area contributed by atoms with Crippen molar-refractivity contribution in [3.8, 4) is 0 Å². The normalized spacial score (nSPS) is 10.4. The van der Waals surface area contributed by atoms with Crippen LogP contribution in [-0.2, 0) is 6.54 Å². The molecule has 0 unspecified atom stereocenters. The summed E-state index contributed by atoms with van der Waals surface area (Å²) in [5.74, 6) is -3.09. The van der Waals surface area contributed by atoms with Crippen molar-refractivity contribution >= 4 is 5.69 Å². The summed E-state index contributed by atoms with van der Waals surface area (Å²) < 4.78 is 38.9. The van der Waals surface area contributed by atoms with Gasteiger partial charge in [-0.05, 0) is 12.1 Å². The molecule has 0 atom stereocenters. The Kier molecular flexibility index (Phi) is 2.85. The molecule has 0 amide bonds. The molecule has 0 fully saturated rings. The Labute approximate surface area is 90.1 Å². The van der Waals surface area contributed by atoms with Gasteiger partial charge < -0.3 is 10.3 Å². The summed E-state index contributed by atoms with van der Waals surface area (Å²) in [4.78, 5) is 2.88. The van der Waals surface area contributed by atoms with Crippen molar-refractivity contribution in [3.05, 3.63) is 53.6 Å². The summed E-state index contributed by atoms with van der Waals surface area (Å²) in [5.41, 5.74) is 0.608. The van der Waals surface area contributed by atoms with Gasteiger partial charge in [0, 0.05) is 24.0 Å². The Morgan fingerprint density at radius 3 is 2.69 bits per heavy atom. The van der Waals surface area contributed by atoms with Crippen LogP contribution >= 0.6 is 0 Å². The van der Waals surface area contributed by atoms with Gasteiger partial charge in [-0.25, -0.2) is 13.2 Å². The minimum Gasteiger partial charge on any atom is -0.377 e. The zero-order valence-electron chi connectivity index (χ0n) is 8.23. The van der Waals surface area contributed by atoms with E-state index < -0.39 is 17.5 Å². The van der Waals surface area contributed by atoms with Gasteiger partial charge in [0.1, 0.15) is 5.82 Å². The van der Waals surface area contributed by atoms with Crippen molar-refractivity contribution in [2.45, 2.75) is 6.54 Å². The number of halogens is 3. The first-order valence-corrected chi connectivity index (χ1v) is 4.67. The van der Waals surface area contributed by atoms with Crippen molar-refractivity contribution in [3.63, 3.8) is 0 Å². The van der Waals surface area contributed by atoms with Crippen LogP contribution in [0.3, 0.4) is 0 Å². The zero-order chi connectivity index (χ0) is 11.5. The molecule has 2 rings (SSSR count). The van der Waals surface area contributed by atoms with Crippen molar-refractivity contribution in [1.29, 1.82) is 0 Å². The highest BCUT2D eigenvalue weighted by molar-refractivity contribution is 5.45. The maximum atomic E-state index is 13.2. The highest BCUT2D eigenvalue weighted by Crippen LogP contribution is 2.19. The molecule has 84 valence electrons. The predicted molar refractivity (Wildman–Crippen MR) is 54.4 cm³/mol. The Bertz CT molecular complexity index is 480. The second-order valence-corrected chi connectivity index (χ2v) is 3.30. The maximum absolute atomic E-state index is 13.2. The van der Waals surface area contributed by atoms with E-state index in [9.17, 15) is 13.2 Å². The first kappa shape index (κ1) is 10.6. The van der Waals surface area contributed by atoms with Gasteiger partial charge in [0.05, 0.1) is 12.2 Å². The molecule has 1 aromatic carbocycles. The number of rotatable bonds is 3. The number of hydrogen-bond acceptors (Lipinski definition) is 1. The molecular formula is C11H9F3N2. The van der Waals surface area contributed by atoms with Gasteiger partial charge in [-0.1, -0.05) is 0 Å². The molecule has 0 aliphatic rings. The molecular weight excluding hydrogens is 217 g/mol. The fourth-order valence-electron chi connectivity index (χ4n) is 1.35. The van der Waals surface area contributed by atoms with E-state index in [1.165, 1.54) is 0 Å². The summed E-state index contributed by atoms with van der Waals surface area (Å²) >= 11 is 0. The smallest absolute Gasteiger partial charge is 0.182 e. The maximum Gasteiger partial charge on any atom is 0.182 e. The van der Waals surface area contributed by atoms with Crippen molar-refractivity contribution < 1.29 is 13.2 Å². The Morgan fingerprint density at radius 1 is 1.19 bits per heavy atom. The molecule has 0 saturated carbocycles. The van der Waals surface area contributed by atoms with Crippen molar-refractivity contribution in [2.75, 3.05) is 5.32 Å². The number of nitrogens with one attached hydrogen (secondary N) is 2. The van der Waals surface area contributed by atoms with E-state index in [1.807, 2.05) is 0 Å². The highest BCUT2D eigenvalue weighted by Gasteiger charge is 2.10. The lowest BCUT2D eigenvalue weighted by atomic mass is 10.2. The fraction of sp³-hybridized carbons (Fsp3) is 0.0909. The summed E-state index contributed by atoms with van der Waals surface area (Å²) in [6, 6.07) is 4.98. The first-order chi connectivity index (χ1) is 7.66. The number of aromatic amines is 1. The van der Waals surface area contributed by atoms with Gasteiger partial charge in [-0.15, -0.1) is 0 Å². The van der Waals surface area contributed by atoms with Crippen LogP contribution in [0.5, 0.6) is 0 Å². The molecule has 5 heteroatoms. The van der Waals surface area contributed by atoms with Crippen LogP contribution in [0.25, 0.3) is 0 Å². The van der Waals surface area contributed by atoms with Crippen molar-refractivity contribution in [2.24, 2.45) is 0 Å². The van der Waals surface area contributed by atoms with E-state index in [1.54, 1.807) is 18.3 Å². The lowest BCUT2D eigenvalue weighted by Gasteiger charge is -2.07. The van der Waals surface area contributed by atoms with Crippen LogP contribution in [-0.4, -0.2) is 4.98 Å². The van der Waals surface area contributed by atoms with E-state index in [-0.39, 0.29) is 12.2 Å². The van der Waals surface area contributed by atoms with Crippen LogP contribution in [0.4, 0.5) is 18.9 Å². The number of aromatic nitrogens is 1. The largest absolute Gasteiger partial charge is 0.377 e.